The minimum Gasteiger partial charge on any atom is -0.534 e. The van der Waals surface area contributed by atoms with Gasteiger partial charge >= 0.3 is 8.32 Å². The van der Waals surface area contributed by atoms with Crippen molar-refractivity contribution in [2.24, 2.45) is 0 Å². The number of para-hydroxylation sites is 1. The highest BCUT2D eigenvalue weighted by atomic mass is 28.4. The molecule has 6 aromatic rings. The lowest BCUT2D eigenvalue weighted by molar-refractivity contribution is 0.304. The number of phenolic OH excluding ortho intramolecular Hbond substituents is 1. The van der Waals surface area contributed by atoms with Crippen LogP contribution >= 0.6 is 0 Å². The summed E-state index contributed by atoms with van der Waals surface area (Å²) >= 11 is 0. The number of phenols is 1. The number of hydrogen-bond donors (Lipinski definition) is 1. The van der Waals surface area contributed by atoms with E-state index < -0.39 is 8.32 Å². The SMILES string of the molecule is Cc1cc(OCc2ccccc2)cc(O)c1Cc1ccc(O[Si](c2ccccc2)(c2ccccc2)C(C)(C)C)cc1Oc1ccccc1. The molecule has 5 heteroatoms. The van der Waals surface area contributed by atoms with Gasteiger partial charge in [0, 0.05) is 24.1 Å². The van der Waals surface area contributed by atoms with E-state index in [-0.39, 0.29) is 10.8 Å². The van der Waals surface area contributed by atoms with Gasteiger partial charge < -0.3 is 19.0 Å². The van der Waals surface area contributed by atoms with Crippen molar-refractivity contribution < 1.29 is 19.0 Å². The molecule has 0 bridgehead atoms. The van der Waals surface area contributed by atoms with Crippen LogP contribution in [-0.4, -0.2) is 13.4 Å². The molecule has 0 saturated heterocycles. The number of ether oxygens (including phenoxy) is 2. The van der Waals surface area contributed by atoms with Crippen molar-refractivity contribution >= 4 is 18.7 Å². The maximum atomic E-state index is 11.2. The molecule has 1 N–H and O–H groups in total. The molecule has 0 aliphatic carbocycles. The van der Waals surface area contributed by atoms with Crippen LogP contribution < -0.4 is 24.3 Å². The van der Waals surface area contributed by atoms with E-state index in [4.69, 9.17) is 13.9 Å². The number of aromatic hydroxyl groups is 1. The van der Waals surface area contributed by atoms with Gasteiger partial charge in [0.2, 0.25) is 0 Å². The van der Waals surface area contributed by atoms with Crippen LogP contribution in [0.3, 0.4) is 0 Å². The highest BCUT2D eigenvalue weighted by molar-refractivity contribution is 7.00. The third kappa shape index (κ3) is 7.17. The third-order valence-electron chi connectivity index (χ3n) is 8.74. The van der Waals surface area contributed by atoms with Crippen LogP contribution in [0.15, 0.2) is 152 Å². The molecule has 242 valence electrons. The Balaban J connectivity index is 1.37. The standard InChI is InChI=1S/C43H42O4Si/c1-32-27-37(45-31-33-17-9-5-10-18-33)29-41(44)40(32)28-34-25-26-36(30-42(34)46-35-19-11-6-12-20-35)47-48(43(2,3)4,38-21-13-7-14-22-38)39-23-15-8-16-24-39/h5-27,29-30,44H,28,31H2,1-4H3. The second kappa shape index (κ2) is 14.2. The molecular weight excluding hydrogens is 609 g/mol. The van der Waals surface area contributed by atoms with Crippen molar-refractivity contribution in [2.75, 3.05) is 0 Å². The Morgan fingerprint density at radius 2 is 1.17 bits per heavy atom. The Kier molecular flexibility index (Phi) is 9.69. The minimum atomic E-state index is -2.86. The molecule has 0 spiro atoms. The molecule has 0 unspecified atom stereocenters. The average molecular weight is 651 g/mol. The van der Waals surface area contributed by atoms with Crippen LogP contribution in [0.4, 0.5) is 0 Å². The van der Waals surface area contributed by atoms with Crippen molar-refractivity contribution in [1.29, 1.82) is 0 Å². The lowest BCUT2D eigenvalue weighted by atomic mass is 9.98. The fraction of sp³-hybridized carbons (Fsp3) is 0.163. The summed E-state index contributed by atoms with van der Waals surface area (Å²) in [4.78, 5) is 0. The summed E-state index contributed by atoms with van der Waals surface area (Å²) in [6.45, 7) is 9.25. The summed E-state index contributed by atoms with van der Waals surface area (Å²) in [5, 5.41) is 13.4. The van der Waals surface area contributed by atoms with E-state index in [1.165, 1.54) is 10.4 Å². The normalized spacial score (nSPS) is 11.6. The van der Waals surface area contributed by atoms with Crippen LogP contribution in [-0.2, 0) is 13.0 Å². The quantitative estimate of drug-likeness (QED) is 0.142. The Hall–Kier alpha value is -5.26. The Bertz CT molecular complexity index is 1870. The van der Waals surface area contributed by atoms with Gasteiger partial charge in [-0.15, -0.1) is 0 Å². The van der Waals surface area contributed by atoms with Gasteiger partial charge in [0.25, 0.3) is 0 Å². The van der Waals surface area contributed by atoms with E-state index in [1.807, 2.05) is 85.8 Å². The summed E-state index contributed by atoms with van der Waals surface area (Å²) < 4.78 is 19.9. The molecule has 0 amide bonds. The largest absolute Gasteiger partial charge is 0.534 e. The van der Waals surface area contributed by atoms with Gasteiger partial charge in [-0.1, -0.05) is 136 Å². The maximum absolute atomic E-state index is 11.2. The summed E-state index contributed by atoms with van der Waals surface area (Å²) in [5.41, 5.74) is 3.77. The molecule has 0 fully saturated rings. The van der Waals surface area contributed by atoms with E-state index in [1.54, 1.807) is 6.07 Å². The van der Waals surface area contributed by atoms with Crippen molar-refractivity contribution in [3.8, 4) is 28.7 Å². The maximum Gasteiger partial charge on any atom is 0.319 e. The van der Waals surface area contributed by atoms with Gasteiger partial charge in [-0.25, -0.2) is 0 Å². The summed E-state index contributed by atoms with van der Waals surface area (Å²) in [6, 6.07) is 50.8. The molecule has 0 heterocycles. The Morgan fingerprint density at radius 3 is 1.73 bits per heavy atom. The predicted octanol–water partition coefficient (Wildman–Crippen LogP) is 9.60. The topological polar surface area (TPSA) is 47.9 Å². The summed E-state index contributed by atoms with van der Waals surface area (Å²) in [6.07, 6.45) is 0.471. The zero-order valence-electron chi connectivity index (χ0n) is 28.0. The third-order valence-corrected chi connectivity index (χ3v) is 13.7. The number of rotatable bonds is 11. The van der Waals surface area contributed by atoms with Crippen LogP contribution in [0, 0.1) is 6.92 Å². The Morgan fingerprint density at radius 1 is 0.604 bits per heavy atom. The van der Waals surface area contributed by atoms with Gasteiger partial charge in [0.1, 0.15) is 35.4 Å². The van der Waals surface area contributed by atoms with E-state index in [2.05, 4.69) is 87.5 Å². The highest BCUT2D eigenvalue weighted by Crippen LogP contribution is 2.40. The fourth-order valence-corrected chi connectivity index (χ4v) is 10.7. The molecule has 0 radical (unpaired) electrons. The van der Waals surface area contributed by atoms with E-state index in [9.17, 15) is 5.11 Å². The first-order valence-corrected chi connectivity index (χ1v) is 18.3. The smallest absolute Gasteiger partial charge is 0.319 e. The second-order valence-electron chi connectivity index (χ2n) is 13.1. The second-order valence-corrected chi connectivity index (χ2v) is 17.4. The average Bonchev–Trinajstić information content (AvgIpc) is 3.10. The molecular formula is C43H42O4Si. The molecule has 6 rings (SSSR count). The van der Waals surface area contributed by atoms with Gasteiger partial charge in [-0.2, -0.15) is 0 Å². The lowest BCUT2D eigenvalue weighted by Crippen LogP contribution is -2.68. The fourth-order valence-electron chi connectivity index (χ4n) is 6.29. The van der Waals surface area contributed by atoms with E-state index >= 15 is 0 Å². The van der Waals surface area contributed by atoms with Gasteiger partial charge in [-0.3, -0.25) is 0 Å². The molecule has 0 aliphatic heterocycles. The minimum absolute atomic E-state index is 0.191. The first kappa shape index (κ1) is 32.7. The molecule has 0 saturated carbocycles. The first-order chi connectivity index (χ1) is 23.2. The summed E-state index contributed by atoms with van der Waals surface area (Å²) in [7, 11) is -2.86. The van der Waals surface area contributed by atoms with Gasteiger partial charge in [-0.05, 0) is 63.3 Å². The van der Waals surface area contributed by atoms with E-state index in [0.29, 0.717) is 24.5 Å². The van der Waals surface area contributed by atoms with Crippen molar-refractivity contribution in [3.05, 3.63) is 174 Å². The molecule has 48 heavy (non-hydrogen) atoms. The predicted molar refractivity (Wildman–Crippen MR) is 198 cm³/mol. The van der Waals surface area contributed by atoms with Crippen LogP contribution in [0.5, 0.6) is 28.7 Å². The molecule has 0 atom stereocenters. The van der Waals surface area contributed by atoms with Crippen molar-refractivity contribution in [1.82, 2.24) is 0 Å². The zero-order valence-corrected chi connectivity index (χ0v) is 29.0. The van der Waals surface area contributed by atoms with Gasteiger partial charge in [0.15, 0.2) is 0 Å². The van der Waals surface area contributed by atoms with E-state index in [0.717, 1.165) is 33.8 Å². The number of hydrogen-bond acceptors (Lipinski definition) is 4. The molecule has 6 aromatic carbocycles. The summed E-state index contributed by atoms with van der Waals surface area (Å²) in [5.74, 6) is 2.97. The van der Waals surface area contributed by atoms with Crippen LogP contribution in [0.2, 0.25) is 5.04 Å². The molecule has 4 nitrogen and oxygen atoms in total. The van der Waals surface area contributed by atoms with Gasteiger partial charge in [0.05, 0.1) is 0 Å². The van der Waals surface area contributed by atoms with Crippen LogP contribution in [0.1, 0.15) is 43.0 Å². The monoisotopic (exact) mass is 650 g/mol. The zero-order chi connectivity index (χ0) is 33.6. The number of aryl methyl sites for hydroxylation is 1. The number of benzene rings is 6. The Labute approximate surface area is 285 Å². The first-order valence-electron chi connectivity index (χ1n) is 16.4. The molecule has 0 aliphatic rings. The highest BCUT2D eigenvalue weighted by Gasteiger charge is 2.52. The van der Waals surface area contributed by atoms with Crippen molar-refractivity contribution in [2.45, 2.75) is 45.8 Å². The van der Waals surface area contributed by atoms with Crippen LogP contribution in [0.25, 0.3) is 0 Å². The molecule has 0 aromatic heterocycles. The lowest BCUT2D eigenvalue weighted by Gasteiger charge is -2.43. The van der Waals surface area contributed by atoms with Crippen molar-refractivity contribution in [3.63, 3.8) is 0 Å².